The number of hydrogen-bond acceptors (Lipinski definition) is 6. The van der Waals surface area contributed by atoms with Crippen LogP contribution in [0.15, 0.2) is 78.9 Å². The minimum atomic E-state index is -0.623. The molecule has 2 aliphatic rings. The molecule has 3 aromatic carbocycles. The van der Waals surface area contributed by atoms with E-state index in [1.807, 2.05) is 95.3 Å². The Morgan fingerprint density at radius 1 is 0.892 bits per heavy atom. The quantitative estimate of drug-likeness (QED) is 0.437. The van der Waals surface area contributed by atoms with Gasteiger partial charge >= 0.3 is 6.03 Å². The van der Waals surface area contributed by atoms with Crippen LogP contribution in [-0.2, 0) is 17.9 Å². The highest BCUT2D eigenvalue weighted by molar-refractivity contribution is 6.02. The van der Waals surface area contributed by atoms with Crippen molar-refractivity contribution >= 4 is 17.9 Å². The number of benzene rings is 3. The first kappa shape index (κ1) is 22.8. The Hall–Kier alpha value is -4.66. The lowest BCUT2D eigenvalue weighted by atomic mass is 10.1. The van der Waals surface area contributed by atoms with Crippen LogP contribution in [0.2, 0.25) is 0 Å². The van der Waals surface area contributed by atoms with E-state index in [1.165, 1.54) is 4.90 Å². The zero-order valence-corrected chi connectivity index (χ0v) is 20.5. The molecule has 2 aliphatic heterocycles. The fraction of sp³-hybridized carbons (Fsp3) is 0.214. The van der Waals surface area contributed by atoms with Crippen LogP contribution in [0.4, 0.5) is 10.7 Å². The Morgan fingerprint density at radius 3 is 2.35 bits per heavy atom. The summed E-state index contributed by atoms with van der Waals surface area (Å²) in [5.74, 6) is 1.52. The molecule has 0 radical (unpaired) electrons. The third kappa shape index (κ3) is 4.08. The first-order chi connectivity index (χ1) is 18.0. The summed E-state index contributed by atoms with van der Waals surface area (Å²) >= 11 is 0. The molecule has 3 amide bonds. The molecule has 37 heavy (non-hydrogen) atoms. The zero-order valence-electron chi connectivity index (χ0n) is 20.5. The molecule has 2 unspecified atom stereocenters. The van der Waals surface area contributed by atoms with Crippen molar-refractivity contribution < 1.29 is 14.3 Å². The fourth-order valence-electron chi connectivity index (χ4n) is 4.90. The number of aromatic nitrogens is 3. The predicted octanol–water partition coefficient (Wildman–Crippen LogP) is 3.90. The van der Waals surface area contributed by atoms with Crippen molar-refractivity contribution in [2.24, 2.45) is 0 Å². The largest absolute Gasteiger partial charge is 0.489 e. The Bertz CT molecular complexity index is 1450. The summed E-state index contributed by atoms with van der Waals surface area (Å²) in [5.41, 5.74) is 4.10. The minimum Gasteiger partial charge on any atom is -0.489 e. The number of hydrogen-bond donors (Lipinski definition) is 1. The molecular formula is C28H26N6O3. The fourth-order valence-corrected chi connectivity index (χ4v) is 4.90. The van der Waals surface area contributed by atoms with E-state index in [1.54, 1.807) is 7.05 Å². The van der Waals surface area contributed by atoms with Crippen LogP contribution in [0.1, 0.15) is 22.9 Å². The van der Waals surface area contributed by atoms with E-state index in [-0.39, 0.29) is 5.91 Å². The molecule has 2 atom stereocenters. The third-order valence-electron chi connectivity index (χ3n) is 6.87. The number of carbonyl (C=O) groups is 2. The van der Waals surface area contributed by atoms with E-state index >= 15 is 0 Å². The summed E-state index contributed by atoms with van der Waals surface area (Å²) in [6.07, 6.45) is -0.569. The van der Waals surface area contributed by atoms with Crippen LogP contribution in [0.25, 0.3) is 11.4 Å². The Kier molecular flexibility index (Phi) is 5.60. The second kappa shape index (κ2) is 9.09. The zero-order chi connectivity index (χ0) is 25.5. The predicted molar refractivity (Wildman–Crippen MR) is 138 cm³/mol. The number of fused-ring (bicyclic) bond motifs is 3. The first-order valence-electron chi connectivity index (χ1n) is 12.1. The van der Waals surface area contributed by atoms with Crippen molar-refractivity contribution in [3.05, 3.63) is 95.6 Å². The molecule has 6 rings (SSSR count). The SMILES string of the molecule is Cc1ccc(CN2c3nnc(-c4ccc(OCc5ccccc5)cc4)n3C3C2C(=O)NC(=O)N3C)cc1. The number of aryl methyl sites for hydroxylation is 1. The Morgan fingerprint density at radius 2 is 1.62 bits per heavy atom. The molecule has 0 aliphatic carbocycles. The maximum atomic E-state index is 13.1. The number of carbonyl (C=O) groups excluding carboxylic acids is 2. The van der Waals surface area contributed by atoms with Gasteiger partial charge in [0.05, 0.1) is 0 Å². The topological polar surface area (TPSA) is 92.6 Å². The number of imide groups is 1. The number of amides is 3. The number of anilines is 1. The lowest BCUT2D eigenvalue weighted by Gasteiger charge is -2.37. The van der Waals surface area contributed by atoms with E-state index in [2.05, 4.69) is 15.5 Å². The van der Waals surface area contributed by atoms with Crippen LogP contribution in [0.3, 0.4) is 0 Å². The van der Waals surface area contributed by atoms with Crippen LogP contribution >= 0.6 is 0 Å². The van der Waals surface area contributed by atoms with Crippen molar-refractivity contribution in [1.82, 2.24) is 25.0 Å². The summed E-state index contributed by atoms with van der Waals surface area (Å²) in [7, 11) is 1.68. The first-order valence-corrected chi connectivity index (χ1v) is 12.1. The molecule has 1 N–H and O–H groups in total. The highest BCUT2D eigenvalue weighted by Crippen LogP contribution is 2.41. The van der Waals surface area contributed by atoms with Crippen LogP contribution in [-0.4, -0.2) is 44.7 Å². The van der Waals surface area contributed by atoms with Gasteiger partial charge in [-0.05, 0) is 42.3 Å². The van der Waals surface area contributed by atoms with Crippen LogP contribution < -0.4 is 15.0 Å². The average Bonchev–Trinajstić information content (AvgIpc) is 3.48. The van der Waals surface area contributed by atoms with Gasteiger partial charge < -0.3 is 14.5 Å². The van der Waals surface area contributed by atoms with Gasteiger partial charge in [0, 0.05) is 19.2 Å². The van der Waals surface area contributed by atoms with Gasteiger partial charge in [0.1, 0.15) is 18.5 Å². The molecule has 9 nitrogen and oxygen atoms in total. The maximum absolute atomic E-state index is 13.1. The number of nitrogens with zero attached hydrogens (tertiary/aromatic N) is 5. The van der Waals surface area contributed by atoms with Crippen molar-refractivity contribution in [2.75, 3.05) is 11.9 Å². The van der Waals surface area contributed by atoms with E-state index in [9.17, 15) is 9.59 Å². The standard InChI is InChI=1S/C28H26N6O3/c1-18-8-10-19(11-9-18)16-33-23-25(35)29-28(36)32(2)26(23)34-24(30-31-27(33)34)21-12-14-22(15-13-21)37-17-20-6-4-3-5-7-20/h3-15,23,26H,16-17H2,1-2H3,(H,29,35,36). The van der Waals surface area contributed by atoms with Gasteiger partial charge in [0.25, 0.3) is 5.91 Å². The van der Waals surface area contributed by atoms with Crippen molar-refractivity contribution in [2.45, 2.75) is 32.3 Å². The van der Waals surface area contributed by atoms with Crippen molar-refractivity contribution in [3.8, 4) is 17.1 Å². The Balaban J connectivity index is 1.32. The molecule has 0 saturated carbocycles. The second-order valence-corrected chi connectivity index (χ2v) is 9.37. The summed E-state index contributed by atoms with van der Waals surface area (Å²) < 4.78 is 7.81. The average molecular weight is 495 g/mol. The number of likely N-dealkylation sites (N-methyl/N-ethyl adjacent to an activating group) is 1. The molecule has 3 heterocycles. The number of rotatable bonds is 6. The minimum absolute atomic E-state index is 0.346. The van der Waals surface area contributed by atoms with Crippen molar-refractivity contribution in [1.29, 1.82) is 0 Å². The molecule has 186 valence electrons. The van der Waals surface area contributed by atoms with Gasteiger partial charge in [-0.15, -0.1) is 10.2 Å². The lowest BCUT2D eigenvalue weighted by Crippen LogP contribution is -2.61. The molecule has 1 fully saturated rings. The normalized spacial score (nSPS) is 18.4. The molecule has 0 bridgehead atoms. The van der Waals surface area contributed by atoms with Gasteiger partial charge in [0.15, 0.2) is 11.9 Å². The summed E-state index contributed by atoms with van der Waals surface area (Å²) in [4.78, 5) is 29.1. The third-order valence-corrected chi connectivity index (χ3v) is 6.87. The number of ether oxygens (including phenoxy) is 1. The van der Waals surface area contributed by atoms with Crippen LogP contribution in [0, 0.1) is 6.92 Å². The second-order valence-electron chi connectivity index (χ2n) is 9.37. The van der Waals surface area contributed by atoms with Crippen LogP contribution in [0.5, 0.6) is 5.75 Å². The van der Waals surface area contributed by atoms with Gasteiger partial charge in [-0.3, -0.25) is 14.7 Å². The number of urea groups is 1. The van der Waals surface area contributed by atoms with Gasteiger partial charge in [-0.2, -0.15) is 0 Å². The van der Waals surface area contributed by atoms with Gasteiger partial charge in [0.2, 0.25) is 5.95 Å². The lowest BCUT2D eigenvalue weighted by molar-refractivity contribution is -0.124. The molecule has 0 spiro atoms. The van der Waals surface area contributed by atoms with Gasteiger partial charge in [-0.1, -0.05) is 60.2 Å². The van der Waals surface area contributed by atoms with E-state index in [0.29, 0.717) is 24.9 Å². The Labute approximate surface area is 214 Å². The molecule has 1 aromatic heterocycles. The van der Waals surface area contributed by atoms with Gasteiger partial charge in [-0.25, -0.2) is 4.79 Å². The number of nitrogens with one attached hydrogen (secondary N) is 1. The van der Waals surface area contributed by atoms with E-state index in [4.69, 9.17) is 4.74 Å². The molecule has 1 saturated heterocycles. The summed E-state index contributed by atoms with van der Waals surface area (Å²) in [6.45, 7) is 2.97. The monoisotopic (exact) mass is 494 g/mol. The highest BCUT2D eigenvalue weighted by Gasteiger charge is 2.52. The van der Waals surface area contributed by atoms with E-state index < -0.39 is 18.2 Å². The summed E-state index contributed by atoms with van der Waals surface area (Å²) in [5, 5.41) is 11.4. The smallest absolute Gasteiger partial charge is 0.325 e. The molecule has 9 heteroatoms. The van der Waals surface area contributed by atoms with Crippen molar-refractivity contribution in [3.63, 3.8) is 0 Å². The molecular weight excluding hydrogens is 468 g/mol. The maximum Gasteiger partial charge on any atom is 0.325 e. The summed E-state index contributed by atoms with van der Waals surface area (Å²) in [6, 6.07) is 24.7. The van der Waals surface area contributed by atoms with E-state index in [0.717, 1.165) is 28.0 Å². The highest BCUT2D eigenvalue weighted by atomic mass is 16.5. The molecule has 4 aromatic rings.